The number of Topliss-reactive ketones (excluding diaryl/α,β-unsaturated/α-hetero) is 1. The first kappa shape index (κ1) is 118. The molecule has 9 saturated carbocycles. The van der Waals surface area contributed by atoms with E-state index in [9.17, 15) is 19.6 Å². The van der Waals surface area contributed by atoms with E-state index in [4.69, 9.17) is 17.7 Å². The van der Waals surface area contributed by atoms with Gasteiger partial charge in [0.25, 0.3) is 0 Å². The lowest BCUT2D eigenvalue weighted by molar-refractivity contribution is -0.130. The van der Waals surface area contributed by atoms with Crippen LogP contribution in [0.5, 0.6) is 0 Å². The van der Waals surface area contributed by atoms with Gasteiger partial charge in [0.2, 0.25) is 0 Å². The molecule has 2 N–H and O–H groups in total. The average Bonchev–Trinajstić information content (AvgIpc) is 1.59. The number of fused-ring (bicyclic) bond motifs is 3. The summed E-state index contributed by atoms with van der Waals surface area (Å²) in [5, 5.41) is 22.5. The molecular formula is C112H192I3O8PSi4. The number of rotatable bonds is 26. The Morgan fingerprint density at radius 1 is 0.445 bits per heavy atom. The predicted octanol–water partition coefficient (Wildman–Crippen LogP) is 34.6. The first-order valence-electron chi connectivity index (χ1n) is 50.5. The molecule has 0 radical (unpaired) electrons. The summed E-state index contributed by atoms with van der Waals surface area (Å²) in [6.45, 7) is 81.5. The van der Waals surface area contributed by atoms with Crippen LogP contribution >= 0.6 is 68.4 Å². The summed E-state index contributed by atoms with van der Waals surface area (Å²) in [5.41, 5.74) is 11.4. The quantitative estimate of drug-likeness (QED) is 0.0415. The van der Waals surface area contributed by atoms with Gasteiger partial charge < -0.3 is 32.5 Å². The summed E-state index contributed by atoms with van der Waals surface area (Å²) >= 11 is 4.24. The largest absolute Gasteiger partial charge is 0.410 e. The van der Waals surface area contributed by atoms with Gasteiger partial charge in [0, 0.05) is 66.3 Å². The Balaban J connectivity index is 0.000000311. The van der Waals surface area contributed by atoms with E-state index in [-0.39, 0.29) is 76.0 Å². The van der Waals surface area contributed by atoms with Crippen LogP contribution in [0.25, 0.3) is 0 Å². The lowest BCUT2D eigenvalue weighted by atomic mass is 9.60. The zero-order valence-corrected chi connectivity index (χ0v) is 97.9. The molecule has 9 fully saturated rings. The highest BCUT2D eigenvalue weighted by Gasteiger charge is 2.55. The second kappa shape index (κ2) is 49.8. The average molecular weight is 2190 g/mol. The summed E-state index contributed by atoms with van der Waals surface area (Å²) in [4.78, 5) is 12.1. The van der Waals surface area contributed by atoms with Crippen LogP contribution < -0.4 is 10.6 Å². The van der Waals surface area contributed by atoms with Gasteiger partial charge >= 0.3 is 0 Å². The summed E-state index contributed by atoms with van der Waals surface area (Å²) in [6.07, 6.45) is 47.3. The maximum Gasteiger partial charge on any atom is 0.192 e. The van der Waals surface area contributed by atoms with E-state index in [1.807, 2.05) is 60.7 Å². The van der Waals surface area contributed by atoms with E-state index in [2.05, 4.69) is 285 Å². The van der Waals surface area contributed by atoms with E-state index in [1.165, 1.54) is 158 Å². The third-order valence-electron chi connectivity index (χ3n) is 35.3. The van der Waals surface area contributed by atoms with Crippen molar-refractivity contribution in [1.29, 1.82) is 0 Å². The molecule has 0 bridgehead atoms. The number of aliphatic hydroxyl groups excluding tert-OH is 2. The summed E-state index contributed by atoms with van der Waals surface area (Å²) < 4.78 is 42.8. The van der Waals surface area contributed by atoms with Crippen molar-refractivity contribution in [3.05, 3.63) is 155 Å². The lowest BCUT2D eigenvalue weighted by Crippen LogP contribution is -2.49. The molecule has 8 nitrogen and oxygen atoms in total. The van der Waals surface area contributed by atoms with Crippen molar-refractivity contribution in [2.24, 2.45) is 69.5 Å². The Bertz CT molecular complexity index is 3910. The van der Waals surface area contributed by atoms with Gasteiger partial charge in [0.15, 0.2) is 33.3 Å². The van der Waals surface area contributed by atoms with E-state index >= 15 is 0 Å². The zero-order chi connectivity index (χ0) is 94.4. The standard InChI is InChI=1S/C37H68O2Si2.C33H51O3PSi2.C25H40O2.C16H28O.CH4.I2.HI/c1-15-16-18-27(2)31-22-23-32-30(19-17-24-37(31,32)10)21-20-29-25-33(38-40(11,12)35(4,5)6)28(3)34(26-29)39-41(13,14)36(7,8)9;1-26-30(35-38(8,9)32(2,3)4)24-27(25-31(26)36-39(10,11)33(5,6)7)22-23-37(34,28-18-14-12-15-19-28)29-20-16-13-17-21-29;1-5-6-8-17(2)21-12-13-22-20(9-7-14-25(21,22)4)11-10-19-15-23(26)18(3)24(27)16-19;1-4-5-7-12(2)13-9-10-14-15(17)8-6-11-16(13,14)3;;1-2;/h20-21,27,31-34H,3,15-19,22-26H2,1-2,4-14H3;12-22,30-31H,1,23-25H2,2-11H3;10-11,17,21-24,26-27H,3,5-9,12-16H2,1-2,4H3;12-14H,4-11H2,1-3H3;1H4;;1H/b30-21+;;20-11+;;;;/t27-,31+,32-,33+,34+,37+;30-,31-;17-,21+,22-,23+,24+,25+;12-,13+,14-,16+;;;/m0100.../s1. The van der Waals surface area contributed by atoms with Crippen LogP contribution in [0.2, 0.25) is 72.5 Å². The molecule has 2 aromatic rings. The molecule has 0 saturated heterocycles. The summed E-state index contributed by atoms with van der Waals surface area (Å²) in [6, 6.07) is 19.9. The van der Waals surface area contributed by atoms with Crippen LogP contribution in [-0.4, -0.2) is 92.1 Å². The predicted molar refractivity (Wildman–Crippen MR) is 596 cm³/mol. The molecule has 18 atom stereocenters. The molecule has 128 heavy (non-hydrogen) atoms. The van der Waals surface area contributed by atoms with Crippen molar-refractivity contribution in [1.82, 2.24) is 0 Å². The van der Waals surface area contributed by atoms with E-state index in [0.29, 0.717) is 52.5 Å². The van der Waals surface area contributed by atoms with Crippen LogP contribution in [0.3, 0.4) is 0 Å². The molecule has 11 rings (SSSR count). The number of hydrogen-bond donors (Lipinski definition) is 2. The number of carbonyl (C=O) groups is 1. The topological polar surface area (TPSA) is 112 Å². The molecule has 0 spiro atoms. The highest BCUT2D eigenvalue weighted by Crippen LogP contribution is 2.63. The number of hydrogen-bond acceptors (Lipinski definition) is 8. The molecule has 2 aromatic carbocycles. The Morgan fingerprint density at radius 3 is 1.03 bits per heavy atom. The molecule has 0 amide bonds. The first-order valence-corrected chi connectivity index (χ1v) is 70.3. The van der Waals surface area contributed by atoms with Gasteiger partial charge in [-0.05, 0) is 281 Å². The Hall–Kier alpha value is -0.922. The van der Waals surface area contributed by atoms with Crippen molar-refractivity contribution in [2.75, 3.05) is 6.16 Å². The van der Waals surface area contributed by atoms with Crippen molar-refractivity contribution in [3.8, 4) is 0 Å². The lowest BCUT2D eigenvalue weighted by Gasteiger charge is -2.46. The van der Waals surface area contributed by atoms with E-state index < -0.39 is 52.6 Å². The molecule has 0 unspecified atom stereocenters. The van der Waals surface area contributed by atoms with Crippen LogP contribution in [0, 0.1) is 69.5 Å². The van der Waals surface area contributed by atoms with Gasteiger partial charge in [-0.15, -0.1) is 24.0 Å². The third-order valence-corrected chi connectivity index (χ3v) is 56.3. The molecule has 9 aliphatic rings. The number of ketones is 1. The van der Waals surface area contributed by atoms with Gasteiger partial charge in [-0.3, -0.25) is 4.79 Å². The van der Waals surface area contributed by atoms with Crippen molar-refractivity contribution in [3.63, 3.8) is 0 Å². The van der Waals surface area contributed by atoms with Crippen LogP contribution in [-0.2, 0) is 27.1 Å². The van der Waals surface area contributed by atoms with E-state index in [0.717, 1.165) is 108 Å². The second-order valence-corrected chi connectivity index (χ2v) is 70.1. The molecule has 16 heteroatoms. The monoisotopic (exact) mass is 2190 g/mol. The SMILES string of the molecule is C.C=C1[C@H](O)CC(=C/C=C2\CCC[C@]3(C)[C@@H]([C@@H](C)CCCC)CC[C@@H]23)C[C@H]1O.C=C1[C@H](O[Si](C)(C)C(C)(C)C)CC(=C/C=C2\CCC[C@]3(C)[C@@H]([C@@H](C)CCCC)CC[C@@H]23)C[C@H]1O[Si](C)(C)C(C)(C)C.C=C1[C@H](O[Si](C)(C)C(C)(C)C)CC(=CCP(=O)(c2ccccc2)c2ccccc2)C[C@H]1O[Si](C)(C)C(C)(C)C.CCCC[C@H](C)[C@H]1CC[C@H]2C(=O)CCC[C@]12C.I.II. The van der Waals surface area contributed by atoms with Crippen molar-refractivity contribution in [2.45, 2.75) is 455 Å². The second-order valence-electron chi connectivity index (χ2n) is 48.1. The Labute approximate surface area is 833 Å². The smallest absolute Gasteiger partial charge is 0.192 e. The van der Waals surface area contributed by atoms with Gasteiger partial charge in [-0.1, -0.05) is 349 Å². The molecule has 0 heterocycles. The van der Waals surface area contributed by atoms with Crippen LogP contribution in [0.4, 0.5) is 0 Å². The molecular weight excluding hydrogens is 2000 g/mol. The fourth-order valence-corrected chi connectivity index (χ4v) is 30.8. The third kappa shape index (κ3) is 29.6. The number of carbonyl (C=O) groups excluding carboxylic acids is 1. The zero-order valence-electron chi connectivity index (χ0n) is 86.3. The summed E-state index contributed by atoms with van der Waals surface area (Å²) in [7, 11) is -10.8. The highest BCUT2D eigenvalue weighted by molar-refractivity contribution is 15.0. The molecule has 0 aromatic heterocycles. The normalized spacial score (nSPS) is 29.8. The number of aliphatic hydroxyl groups is 2. The highest BCUT2D eigenvalue weighted by atomic mass is 128. The van der Waals surface area contributed by atoms with Crippen molar-refractivity contribution >= 4 is 118 Å². The number of benzene rings is 2. The molecule has 730 valence electrons. The first-order chi connectivity index (χ1) is 58.6. The minimum absolute atomic E-state index is 0. The maximum absolute atomic E-state index is 14.7. The number of unbranched alkanes of at least 4 members (excludes halogenated alkanes) is 3. The Morgan fingerprint density at radius 2 is 0.727 bits per heavy atom. The fourth-order valence-electron chi connectivity index (χ4n) is 23.1. The van der Waals surface area contributed by atoms with Gasteiger partial charge in [-0.25, -0.2) is 0 Å². The molecule has 9 aliphatic carbocycles. The van der Waals surface area contributed by atoms with Crippen molar-refractivity contribution < 1.29 is 37.3 Å². The van der Waals surface area contributed by atoms with Gasteiger partial charge in [-0.2, -0.15) is 0 Å². The minimum Gasteiger partial charge on any atom is -0.410 e. The minimum atomic E-state index is -2.84. The maximum atomic E-state index is 14.7. The Kier molecular flexibility index (Phi) is 45.7. The van der Waals surface area contributed by atoms with Crippen LogP contribution in [0.15, 0.2) is 155 Å². The summed E-state index contributed by atoms with van der Waals surface area (Å²) in [5.74, 6) is 7.55. The number of halogens is 3. The van der Waals surface area contributed by atoms with Crippen LogP contribution in [0.1, 0.15) is 345 Å². The number of allylic oxidation sites excluding steroid dienone is 7. The van der Waals surface area contributed by atoms with E-state index in [1.54, 1.807) is 11.1 Å². The fraction of sp³-hybridized carbons (Fsp3) is 0.741. The van der Waals surface area contributed by atoms with Gasteiger partial charge in [0.05, 0.1) is 36.6 Å². The van der Waals surface area contributed by atoms with Gasteiger partial charge in [0.1, 0.15) is 12.9 Å². The molecule has 0 aliphatic heterocycles.